The molecule has 0 amide bonds. The van der Waals surface area contributed by atoms with Gasteiger partial charge in [-0.25, -0.2) is 9.98 Å². The third-order valence-corrected chi connectivity index (χ3v) is 6.63. The molecule has 0 fully saturated rings. The number of azo groups is 1. The van der Waals surface area contributed by atoms with Gasteiger partial charge < -0.3 is 4.74 Å². The summed E-state index contributed by atoms with van der Waals surface area (Å²) in [6, 6.07) is 19.6. The van der Waals surface area contributed by atoms with Crippen LogP contribution >= 0.6 is 12.6 Å². The normalized spacial score (nSPS) is 13.9. The molecule has 0 bridgehead atoms. The summed E-state index contributed by atoms with van der Waals surface area (Å²) in [5.74, 6) is 0.781. The van der Waals surface area contributed by atoms with Crippen LogP contribution in [0.25, 0.3) is 18.0 Å². The fourth-order valence-electron chi connectivity index (χ4n) is 4.71. The lowest BCUT2D eigenvalue weighted by molar-refractivity contribution is -0.274. The van der Waals surface area contributed by atoms with Crippen LogP contribution in [0.2, 0.25) is 0 Å². The molecule has 10 heteroatoms. The molecule has 1 aromatic heterocycles. The summed E-state index contributed by atoms with van der Waals surface area (Å²) in [6.45, 7) is 6.08. The first-order valence-corrected chi connectivity index (χ1v) is 13.1. The Bertz CT molecular complexity index is 1840. The zero-order chi connectivity index (χ0) is 28.4. The summed E-state index contributed by atoms with van der Waals surface area (Å²) in [4.78, 5) is 9.26. The number of halogens is 3. The highest BCUT2D eigenvalue weighted by Gasteiger charge is 2.31. The van der Waals surface area contributed by atoms with Crippen LogP contribution in [0.5, 0.6) is 5.75 Å². The Balaban J connectivity index is 1.44. The second-order valence-electron chi connectivity index (χ2n) is 9.56. The number of amidine groups is 1. The molecule has 0 saturated carbocycles. The minimum Gasteiger partial charge on any atom is -0.406 e. The molecule has 5 rings (SSSR count). The van der Waals surface area contributed by atoms with Gasteiger partial charge >= 0.3 is 6.36 Å². The predicted molar refractivity (Wildman–Crippen MR) is 152 cm³/mol. The predicted octanol–water partition coefficient (Wildman–Crippen LogP) is 6.63. The van der Waals surface area contributed by atoms with Gasteiger partial charge in [0.05, 0.1) is 22.6 Å². The van der Waals surface area contributed by atoms with Crippen molar-refractivity contribution < 1.29 is 17.9 Å². The lowest BCUT2D eigenvalue weighted by Crippen LogP contribution is -2.20. The van der Waals surface area contributed by atoms with Crippen LogP contribution in [0, 0.1) is 17.5 Å². The molecule has 3 aromatic carbocycles. The van der Waals surface area contributed by atoms with E-state index in [-0.39, 0.29) is 10.9 Å². The van der Waals surface area contributed by atoms with E-state index in [1.807, 2.05) is 54.0 Å². The monoisotopic (exact) mass is 561 g/mol. The maximum atomic E-state index is 12.5. The SMILES string of the molecule is Cc1nc2c(n1-c1ccc(OC(F)(F)F)cc1)=CCc1cc(=CN=NC(S)=Nc3ccccc3C(C)C)ccc1=2. The summed E-state index contributed by atoms with van der Waals surface area (Å²) < 4.78 is 43.5. The van der Waals surface area contributed by atoms with Crippen molar-refractivity contribution in [1.29, 1.82) is 0 Å². The van der Waals surface area contributed by atoms with E-state index in [9.17, 15) is 13.2 Å². The third-order valence-electron chi connectivity index (χ3n) is 6.44. The van der Waals surface area contributed by atoms with Crippen LogP contribution in [-0.4, -0.2) is 21.1 Å². The number of nitrogens with zero attached hydrogens (tertiary/aromatic N) is 5. The Morgan fingerprint density at radius 2 is 1.82 bits per heavy atom. The van der Waals surface area contributed by atoms with Gasteiger partial charge in [0.15, 0.2) is 0 Å². The molecule has 204 valence electrons. The van der Waals surface area contributed by atoms with Gasteiger partial charge in [0, 0.05) is 10.9 Å². The Kier molecular flexibility index (Phi) is 7.62. The van der Waals surface area contributed by atoms with Crippen LogP contribution in [-0.2, 0) is 6.42 Å². The maximum absolute atomic E-state index is 12.5. The molecule has 1 aliphatic carbocycles. The molecule has 4 aromatic rings. The van der Waals surface area contributed by atoms with Gasteiger partial charge in [-0.15, -0.1) is 30.9 Å². The number of rotatable bonds is 5. The molecular formula is C30H26F3N5OS. The Labute approximate surface area is 234 Å². The van der Waals surface area contributed by atoms with Gasteiger partial charge in [-0.2, -0.15) is 5.11 Å². The number of imidazole rings is 1. The molecule has 0 radical (unpaired) electrons. The van der Waals surface area contributed by atoms with Crippen molar-refractivity contribution in [1.82, 2.24) is 9.55 Å². The zero-order valence-corrected chi connectivity index (χ0v) is 22.9. The molecule has 0 spiro atoms. The van der Waals surface area contributed by atoms with E-state index in [0.29, 0.717) is 18.0 Å². The van der Waals surface area contributed by atoms with Crippen molar-refractivity contribution in [3.8, 4) is 11.4 Å². The molecule has 0 unspecified atom stereocenters. The van der Waals surface area contributed by atoms with Crippen LogP contribution in [0.15, 0.2) is 82.0 Å². The van der Waals surface area contributed by atoms with Crippen LogP contribution in [0.1, 0.15) is 36.7 Å². The van der Waals surface area contributed by atoms with Gasteiger partial charge in [0.2, 0.25) is 5.17 Å². The lowest BCUT2D eigenvalue weighted by Gasteiger charge is -2.11. The standard InChI is InChI=1S/C30H26F3N5OS/c1-18(2)24-6-4-5-7-26(24)36-29(40)37-34-17-20-8-14-25-21(16-20)9-15-27-28(25)35-19(3)38(27)22-10-12-23(13-11-22)39-30(31,32)33/h4-8,10-18H,9H2,1-3H3,(H,36,40). The number of aliphatic imine (C=N–C) groups is 1. The van der Waals surface area contributed by atoms with E-state index in [2.05, 4.69) is 52.5 Å². The fraction of sp³-hybridized carbons (Fsp3) is 0.200. The molecule has 0 N–H and O–H groups in total. The topological polar surface area (TPSA) is 64.1 Å². The van der Waals surface area contributed by atoms with E-state index >= 15 is 0 Å². The van der Waals surface area contributed by atoms with Gasteiger partial charge in [0.1, 0.15) is 11.6 Å². The van der Waals surface area contributed by atoms with Gasteiger partial charge in [-0.3, -0.25) is 4.57 Å². The smallest absolute Gasteiger partial charge is 0.406 e. The second kappa shape index (κ2) is 11.1. The number of para-hydroxylation sites is 1. The van der Waals surface area contributed by atoms with Crippen LogP contribution in [0.3, 0.4) is 0 Å². The highest BCUT2D eigenvalue weighted by atomic mass is 32.1. The van der Waals surface area contributed by atoms with Gasteiger partial charge in [-0.1, -0.05) is 50.3 Å². The first-order chi connectivity index (χ1) is 19.1. The summed E-state index contributed by atoms with van der Waals surface area (Å²) in [5, 5.41) is 12.1. The summed E-state index contributed by atoms with van der Waals surface area (Å²) in [7, 11) is 0. The zero-order valence-electron chi connectivity index (χ0n) is 22.0. The summed E-state index contributed by atoms with van der Waals surface area (Å²) in [5.41, 5.74) is 3.72. The number of thiol groups is 1. The molecular weight excluding hydrogens is 535 g/mol. The minimum absolute atomic E-state index is 0.263. The first-order valence-electron chi connectivity index (χ1n) is 12.6. The average Bonchev–Trinajstić information content (AvgIpc) is 3.24. The van der Waals surface area contributed by atoms with E-state index in [4.69, 9.17) is 4.98 Å². The van der Waals surface area contributed by atoms with Crippen LogP contribution in [0.4, 0.5) is 18.9 Å². The molecule has 1 heterocycles. The Morgan fingerprint density at radius 1 is 1.07 bits per heavy atom. The van der Waals surface area contributed by atoms with E-state index in [0.717, 1.165) is 43.8 Å². The quantitative estimate of drug-likeness (QED) is 0.129. The number of hydrogen-bond donors (Lipinski definition) is 1. The minimum atomic E-state index is -4.73. The van der Waals surface area contributed by atoms with Crippen molar-refractivity contribution in [2.45, 2.75) is 39.5 Å². The average molecular weight is 562 g/mol. The van der Waals surface area contributed by atoms with E-state index < -0.39 is 6.36 Å². The molecule has 0 saturated heterocycles. The number of aromatic nitrogens is 2. The maximum Gasteiger partial charge on any atom is 0.573 e. The van der Waals surface area contributed by atoms with Crippen molar-refractivity contribution in [3.63, 3.8) is 0 Å². The first kappa shape index (κ1) is 27.4. The highest BCUT2D eigenvalue weighted by molar-refractivity contribution is 7.96. The molecule has 40 heavy (non-hydrogen) atoms. The van der Waals surface area contributed by atoms with Crippen molar-refractivity contribution >= 4 is 35.8 Å². The number of ether oxygens (including phenoxy) is 1. The number of alkyl halides is 3. The number of fused-ring (bicyclic) bond motifs is 2. The van der Waals surface area contributed by atoms with E-state index in [1.54, 1.807) is 18.3 Å². The van der Waals surface area contributed by atoms with Gasteiger partial charge in [0.25, 0.3) is 0 Å². The largest absolute Gasteiger partial charge is 0.573 e. The Hall–Kier alpha value is -4.18. The van der Waals surface area contributed by atoms with Crippen LogP contribution < -0.4 is 15.3 Å². The highest BCUT2D eigenvalue weighted by Crippen LogP contribution is 2.27. The van der Waals surface area contributed by atoms with E-state index in [1.165, 1.54) is 12.1 Å². The number of aryl methyl sites for hydroxylation is 1. The van der Waals surface area contributed by atoms with Crippen molar-refractivity contribution in [2.24, 2.45) is 15.2 Å². The lowest BCUT2D eigenvalue weighted by atomic mass is 10.0. The summed E-state index contributed by atoms with van der Waals surface area (Å²) in [6.07, 6.45) is -0.353. The fourth-order valence-corrected chi connectivity index (χ4v) is 4.87. The molecule has 1 aliphatic rings. The molecule has 0 aliphatic heterocycles. The third kappa shape index (κ3) is 6.02. The molecule has 0 atom stereocenters. The summed E-state index contributed by atoms with van der Waals surface area (Å²) >= 11 is 4.38. The van der Waals surface area contributed by atoms with Crippen molar-refractivity contribution in [3.05, 3.63) is 105 Å². The number of benzene rings is 3. The van der Waals surface area contributed by atoms with Crippen molar-refractivity contribution in [2.75, 3.05) is 0 Å². The second-order valence-corrected chi connectivity index (χ2v) is 9.96. The van der Waals surface area contributed by atoms with Gasteiger partial charge in [-0.05, 0) is 72.0 Å². The number of hydrogen-bond acceptors (Lipinski definition) is 4. The Morgan fingerprint density at radius 3 is 2.55 bits per heavy atom. The molecule has 6 nitrogen and oxygen atoms in total.